The van der Waals surface area contributed by atoms with Crippen LogP contribution in [0.4, 0.5) is 0 Å². The van der Waals surface area contributed by atoms with Gasteiger partial charge < -0.3 is 4.57 Å². The number of fused-ring (bicyclic) bond motifs is 1. The average Bonchev–Trinajstić information content (AvgIpc) is 3.00. The topological polar surface area (TPSA) is 78.9 Å². The Kier molecular flexibility index (Phi) is 4.63. The second-order valence-electron chi connectivity index (χ2n) is 7.67. The Bertz CT molecular complexity index is 1140. The van der Waals surface area contributed by atoms with E-state index in [1.807, 2.05) is 52.0 Å². The number of aryl methyl sites for hydroxylation is 1. The molecule has 0 aliphatic heterocycles. The maximum Gasteiger partial charge on any atom is 0.337 e. The summed E-state index contributed by atoms with van der Waals surface area (Å²) in [5.41, 5.74) is 0.691. The first-order chi connectivity index (χ1) is 12.7. The molecule has 142 valence electrons. The van der Waals surface area contributed by atoms with Crippen molar-refractivity contribution in [2.24, 2.45) is 5.41 Å². The standard InChI is InChI=1S/C20H24N4O3/c1-6-23-18(26)16-17(21-12-22(16)11-15(25)20(3,4)5)24(19(23)27)14-10-8-7-9-13(14)2/h7-10,12H,6,11H2,1-5H3. The van der Waals surface area contributed by atoms with Crippen LogP contribution in [0.15, 0.2) is 40.2 Å². The van der Waals surface area contributed by atoms with E-state index in [1.165, 1.54) is 15.5 Å². The largest absolute Gasteiger partial charge is 0.337 e. The predicted molar refractivity (Wildman–Crippen MR) is 104 cm³/mol. The number of rotatable bonds is 4. The van der Waals surface area contributed by atoms with Gasteiger partial charge in [0.25, 0.3) is 5.56 Å². The minimum absolute atomic E-state index is 0.0158. The summed E-state index contributed by atoms with van der Waals surface area (Å²) in [5, 5.41) is 0. The first-order valence-electron chi connectivity index (χ1n) is 8.96. The van der Waals surface area contributed by atoms with Gasteiger partial charge in [0.2, 0.25) is 0 Å². The van der Waals surface area contributed by atoms with E-state index in [0.29, 0.717) is 5.69 Å². The fourth-order valence-electron chi connectivity index (χ4n) is 3.00. The van der Waals surface area contributed by atoms with Gasteiger partial charge in [0.05, 0.1) is 18.6 Å². The molecule has 7 nitrogen and oxygen atoms in total. The Hall–Kier alpha value is -2.96. The minimum atomic E-state index is -0.537. The summed E-state index contributed by atoms with van der Waals surface area (Å²) in [5.74, 6) is -0.0158. The van der Waals surface area contributed by atoms with Crippen molar-refractivity contribution in [3.8, 4) is 5.69 Å². The summed E-state index contributed by atoms with van der Waals surface area (Å²) in [4.78, 5) is 42.7. The van der Waals surface area contributed by atoms with Gasteiger partial charge in [-0.05, 0) is 25.5 Å². The second kappa shape index (κ2) is 6.64. The van der Waals surface area contributed by atoms with Crippen molar-refractivity contribution in [3.05, 3.63) is 57.0 Å². The summed E-state index contributed by atoms with van der Waals surface area (Å²) in [6.45, 7) is 9.42. The lowest BCUT2D eigenvalue weighted by Gasteiger charge is -2.17. The van der Waals surface area contributed by atoms with Crippen molar-refractivity contribution in [3.63, 3.8) is 0 Å². The van der Waals surface area contributed by atoms with Crippen molar-refractivity contribution >= 4 is 16.9 Å². The summed E-state index contributed by atoms with van der Waals surface area (Å²) in [7, 11) is 0. The van der Waals surface area contributed by atoms with Crippen molar-refractivity contribution in [2.75, 3.05) is 0 Å². The zero-order chi connectivity index (χ0) is 19.9. The van der Waals surface area contributed by atoms with Crippen LogP contribution < -0.4 is 11.2 Å². The van der Waals surface area contributed by atoms with Crippen LogP contribution in [0, 0.1) is 12.3 Å². The van der Waals surface area contributed by atoms with Crippen LogP contribution in [0.5, 0.6) is 0 Å². The van der Waals surface area contributed by atoms with Crippen LogP contribution >= 0.6 is 0 Å². The van der Waals surface area contributed by atoms with Crippen molar-refractivity contribution in [2.45, 2.75) is 47.7 Å². The molecule has 0 aliphatic carbocycles. The van der Waals surface area contributed by atoms with E-state index in [2.05, 4.69) is 4.98 Å². The molecule has 1 aromatic carbocycles. The number of hydrogen-bond donors (Lipinski definition) is 0. The molecule has 27 heavy (non-hydrogen) atoms. The highest BCUT2D eigenvalue weighted by Crippen LogP contribution is 2.19. The molecule has 3 aromatic rings. The molecule has 2 heterocycles. The number of aromatic nitrogens is 4. The lowest BCUT2D eigenvalue weighted by Crippen LogP contribution is -2.40. The zero-order valence-electron chi connectivity index (χ0n) is 16.3. The number of carbonyl (C=O) groups excluding carboxylic acids is 1. The molecule has 0 radical (unpaired) electrons. The van der Waals surface area contributed by atoms with Gasteiger partial charge in [-0.15, -0.1) is 0 Å². The molecule has 0 unspecified atom stereocenters. The Morgan fingerprint density at radius 1 is 1.15 bits per heavy atom. The molecule has 0 N–H and O–H groups in total. The average molecular weight is 368 g/mol. The van der Waals surface area contributed by atoms with Gasteiger partial charge in [0, 0.05) is 12.0 Å². The fourth-order valence-corrected chi connectivity index (χ4v) is 3.00. The third kappa shape index (κ3) is 3.13. The van der Waals surface area contributed by atoms with Gasteiger partial charge in [-0.1, -0.05) is 39.0 Å². The summed E-state index contributed by atoms with van der Waals surface area (Å²) in [6.07, 6.45) is 1.46. The summed E-state index contributed by atoms with van der Waals surface area (Å²) < 4.78 is 4.17. The molecule has 0 atom stereocenters. The summed E-state index contributed by atoms with van der Waals surface area (Å²) in [6, 6.07) is 7.44. The van der Waals surface area contributed by atoms with Crippen LogP contribution in [0.25, 0.3) is 16.9 Å². The van der Waals surface area contributed by atoms with Gasteiger partial charge >= 0.3 is 5.69 Å². The molecular formula is C20H24N4O3. The minimum Gasteiger partial charge on any atom is -0.317 e. The first kappa shape index (κ1) is 18.8. The van der Waals surface area contributed by atoms with Crippen LogP contribution in [-0.2, 0) is 17.9 Å². The van der Waals surface area contributed by atoms with E-state index in [9.17, 15) is 14.4 Å². The summed E-state index contributed by atoms with van der Waals surface area (Å²) >= 11 is 0. The Labute approximate surface area is 156 Å². The van der Waals surface area contributed by atoms with E-state index in [4.69, 9.17) is 0 Å². The van der Waals surface area contributed by atoms with Gasteiger partial charge in [-0.2, -0.15) is 0 Å². The molecule has 0 saturated heterocycles. The maximum absolute atomic E-state index is 13.0. The normalized spacial score (nSPS) is 11.9. The van der Waals surface area contributed by atoms with E-state index < -0.39 is 16.7 Å². The van der Waals surface area contributed by atoms with E-state index in [0.717, 1.165) is 5.56 Å². The Morgan fingerprint density at radius 3 is 2.41 bits per heavy atom. The zero-order valence-corrected chi connectivity index (χ0v) is 16.3. The monoisotopic (exact) mass is 368 g/mol. The van der Waals surface area contributed by atoms with Crippen molar-refractivity contribution in [1.29, 1.82) is 0 Å². The number of benzene rings is 1. The van der Waals surface area contributed by atoms with Crippen molar-refractivity contribution in [1.82, 2.24) is 18.7 Å². The molecule has 0 amide bonds. The molecule has 0 aliphatic rings. The third-order valence-corrected chi connectivity index (χ3v) is 4.72. The van der Waals surface area contributed by atoms with Crippen LogP contribution in [0.3, 0.4) is 0 Å². The number of para-hydroxylation sites is 1. The number of Topliss-reactive ketones (excluding diaryl/α,β-unsaturated/α-hetero) is 1. The molecule has 0 bridgehead atoms. The molecule has 0 saturated carbocycles. The Morgan fingerprint density at radius 2 is 1.81 bits per heavy atom. The molecule has 0 spiro atoms. The quantitative estimate of drug-likeness (QED) is 0.708. The molecule has 3 rings (SSSR count). The Balaban J connectivity index is 2.36. The van der Waals surface area contributed by atoms with Gasteiger partial charge in [-0.25, -0.2) is 14.3 Å². The number of ketones is 1. The lowest BCUT2D eigenvalue weighted by atomic mass is 9.91. The highest BCUT2D eigenvalue weighted by Gasteiger charge is 2.24. The van der Waals surface area contributed by atoms with E-state index >= 15 is 0 Å². The molecule has 7 heteroatoms. The lowest BCUT2D eigenvalue weighted by molar-refractivity contribution is -0.126. The predicted octanol–water partition coefficient (Wildman–Crippen LogP) is 2.29. The maximum atomic E-state index is 13.0. The number of carbonyl (C=O) groups is 1. The molecule has 2 aromatic heterocycles. The highest BCUT2D eigenvalue weighted by atomic mass is 16.2. The van der Waals surface area contributed by atoms with E-state index in [-0.39, 0.29) is 30.0 Å². The number of nitrogens with zero attached hydrogens (tertiary/aromatic N) is 4. The number of imidazole rings is 1. The van der Waals surface area contributed by atoms with Gasteiger partial charge in [0.1, 0.15) is 0 Å². The van der Waals surface area contributed by atoms with E-state index in [1.54, 1.807) is 11.5 Å². The van der Waals surface area contributed by atoms with Gasteiger partial charge in [0.15, 0.2) is 16.9 Å². The SMILES string of the molecule is CCn1c(=O)c2c(ncn2CC(=O)C(C)(C)C)n(-c2ccccc2C)c1=O. The molecule has 0 fully saturated rings. The molecular weight excluding hydrogens is 344 g/mol. The second-order valence-corrected chi connectivity index (χ2v) is 7.67. The van der Waals surface area contributed by atoms with Gasteiger partial charge in [-0.3, -0.25) is 14.2 Å². The first-order valence-corrected chi connectivity index (χ1v) is 8.96. The smallest absolute Gasteiger partial charge is 0.317 e. The fraction of sp³-hybridized carbons (Fsp3) is 0.400. The van der Waals surface area contributed by atoms with Crippen LogP contribution in [-0.4, -0.2) is 24.5 Å². The van der Waals surface area contributed by atoms with Crippen LogP contribution in [0.2, 0.25) is 0 Å². The van der Waals surface area contributed by atoms with Crippen LogP contribution in [0.1, 0.15) is 33.3 Å². The third-order valence-electron chi connectivity index (χ3n) is 4.72. The number of hydrogen-bond acceptors (Lipinski definition) is 4. The highest BCUT2D eigenvalue weighted by molar-refractivity contribution is 5.85. The van der Waals surface area contributed by atoms with Crippen molar-refractivity contribution < 1.29 is 4.79 Å².